The summed E-state index contributed by atoms with van der Waals surface area (Å²) in [4.78, 5) is 0. The molecule has 2 aromatic rings. The zero-order valence-electron chi connectivity index (χ0n) is 12.3. The Bertz CT molecular complexity index is 632. The van der Waals surface area contributed by atoms with Crippen molar-refractivity contribution in [2.45, 2.75) is 13.0 Å². The van der Waals surface area contributed by atoms with Crippen LogP contribution in [-0.2, 0) is 0 Å². The molecular formula is C16H19FN2O2. The van der Waals surface area contributed by atoms with Gasteiger partial charge in [0.1, 0.15) is 17.3 Å². The first kappa shape index (κ1) is 15.3. The average Bonchev–Trinajstić information content (AvgIpc) is 2.51. The molecule has 1 unspecified atom stereocenters. The van der Waals surface area contributed by atoms with Gasteiger partial charge in [-0.1, -0.05) is 17.7 Å². The van der Waals surface area contributed by atoms with Crippen LogP contribution >= 0.6 is 0 Å². The second-order valence-corrected chi connectivity index (χ2v) is 4.73. The topological polar surface area (TPSA) is 56.5 Å². The van der Waals surface area contributed by atoms with Gasteiger partial charge < -0.3 is 9.47 Å². The highest BCUT2D eigenvalue weighted by Crippen LogP contribution is 2.34. The van der Waals surface area contributed by atoms with E-state index in [1.54, 1.807) is 44.6 Å². The van der Waals surface area contributed by atoms with Crippen molar-refractivity contribution in [3.05, 3.63) is 58.9 Å². The number of hydrogen-bond acceptors (Lipinski definition) is 4. The second kappa shape index (κ2) is 6.56. The molecule has 0 aliphatic rings. The smallest absolute Gasteiger partial charge is 0.128 e. The minimum absolute atomic E-state index is 0.326. The number of nitrogens with two attached hydrogens (primary N) is 1. The molecule has 2 aromatic carbocycles. The van der Waals surface area contributed by atoms with Crippen molar-refractivity contribution in [2.24, 2.45) is 5.84 Å². The molecule has 0 bridgehead atoms. The Morgan fingerprint density at radius 3 is 2.43 bits per heavy atom. The summed E-state index contributed by atoms with van der Waals surface area (Å²) < 4.78 is 24.7. The van der Waals surface area contributed by atoms with E-state index < -0.39 is 6.04 Å². The van der Waals surface area contributed by atoms with Gasteiger partial charge in [-0.15, -0.1) is 0 Å². The van der Waals surface area contributed by atoms with Crippen LogP contribution in [0.2, 0.25) is 0 Å². The molecule has 2 rings (SSSR count). The third-order valence-corrected chi connectivity index (χ3v) is 3.38. The summed E-state index contributed by atoms with van der Waals surface area (Å²) >= 11 is 0. The fourth-order valence-corrected chi connectivity index (χ4v) is 2.30. The van der Waals surface area contributed by atoms with Gasteiger partial charge in [0.05, 0.1) is 20.3 Å². The van der Waals surface area contributed by atoms with Crippen LogP contribution in [0.25, 0.3) is 0 Å². The molecule has 0 heterocycles. The number of nitrogens with one attached hydrogen (secondary N) is 1. The number of hydrazine groups is 1. The average molecular weight is 290 g/mol. The zero-order chi connectivity index (χ0) is 15.4. The lowest BCUT2D eigenvalue weighted by Gasteiger charge is -2.21. The van der Waals surface area contributed by atoms with E-state index in [0.717, 1.165) is 5.56 Å². The van der Waals surface area contributed by atoms with Gasteiger partial charge in [0, 0.05) is 11.1 Å². The van der Waals surface area contributed by atoms with E-state index in [4.69, 9.17) is 15.3 Å². The Morgan fingerprint density at radius 2 is 1.81 bits per heavy atom. The van der Waals surface area contributed by atoms with Gasteiger partial charge in [-0.05, 0) is 31.2 Å². The van der Waals surface area contributed by atoms with E-state index in [-0.39, 0.29) is 5.82 Å². The summed E-state index contributed by atoms with van der Waals surface area (Å²) in [6.07, 6.45) is 0. The second-order valence-electron chi connectivity index (χ2n) is 4.73. The van der Waals surface area contributed by atoms with E-state index in [0.29, 0.717) is 22.6 Å². The summed E-state index contributed by atoms with van der Waals surface area (Å²) in [5.41, 5.74) is 4.78. The van der Waals surface area contributed by atoms with Crippen LogP contribution in [0, 0.1) is 12.7 Å². The Morgan fingerprint density at radius 1 is 1.05 bits per heavy atom. The fraction of sp³-hybridized carbons (Fsp3) is 0.250. The Hall–Kier alpha value is -2.11. The zero-order valence-corrected chi connectivity index (χ0v) is 12.3. The Kier molecular flexibility index (Phi) is 4.77. The highest BCUT2D eigenvalue weighted by molar-refractivity contribution is 5.46. The molecule has 1 atom stereocenters. The molecule has 0 saturated carbocycles. The van der Waals surface area contributed by atoms with Gasteiger partial charge in [-0.2, -0.15) is 0 Å². The summed E-state index contributed by atoms with van der Waals surface area (Å²) in [5, 5.41) is 0. The number of hydrogen-bond donors (Lipinski definition) is 2. The molecule has 4 nitrogen and oxygen atoms in total. The minimum Gasteiger partial charge on any atom is -0.497 e. The van der Waals surface area contributed by atoms with Crippen molar-refractivity contribution in [3.8, 4) is 11.5 Å². The van der Waals surface area contributed by atoms with Crippen LogP contribution in [0.5, 0.6) is 11.5 Å². The Balaban J connectivity index is 2.57. The lowest BCUT2D eigenvalue weighted by atomic mass is 9.96. The number of halogens is 1. The molecule has 5 heteroatoms. The third-order valence-electron chi connectivity index (χ3n) is 3.38. The standard InChI is InChI=1S/C16H19FN2O2/c1-10-4-6-14(17)12(8-10)16(19-18)13-9-11(20-2)5-7-15(13)21-3/h4-9,16,19H,18H2,1-3H3. The number of methoxy groups -OCH3 is 2. The molecule has 0 fully saturated rings. The first-order valence-electron chi connectivity index (χ1n) is 6.54. The first-order valence-corrected chi connectivity index (χ1v) is 6.54. The highest BCUT2D eigenvalue weighted by atomic mass is 19.1. The molecule has 0 radical (unpaired) electrons. The monoisotopic (exact) mass is 290 g/mol. The maximum atomic E-state index is 14.1. The molecule has 3 N–H and O–H groups in total. The third kappa shape index (κ3) is 3.15. The molecular weight excluding hydrogens is 271 g/mol. The number of ether oxygens (including phenoxy) is 2. The SMILES string of the molecule is COc1ccc(OC)c(C(NN)c2cc(C)ccc2F)c1. The first-order chi connectivity index (χ1) is 10.1. The van der Waals surface area contributed by atoms with E-state index in [1.165, 1.54) is 6.07 Å². The van der Waals surface area contributed by atoms with Gasteiger partial charge in [0.15, 0.2) is 0 Å². The maximum Gasteiger partial charge on any atom is 0.128 e. The summed E-state index contributed by atoms with van der Waals surface area (Å²) in [6, 6.07) is 9.71. The number of rotatable bonds is 5. The van der Waals surface area contributed by atoms with Gasteiger partial charge in [-0.3, -0.25) is 5.84 Å². The van der Waals surface area contributed by atoms with E-state index in [2.05, 4.69) is 5.43 Å². The van der Waals surface area contributed by atoms with Gasteiger partial charge in [0.2, 0.25) is 0 Å². The summed E-state index contributed by atoms with van der Waals surface area (Å²) in [7, 11) is 3.13. The van der Waals surface area contributed by atoms with Crippen LogP contribution in [0.4, 0.5) is 4.39 Å². The predicted octanol–water partition coefficient (Wildman–Crippen LogP) is 2.70. The van der Waals surface area contributed by atoms with Crippen molar-refractivity contribution >= 4 is 0 Å². The van der Waals surface area contributed by atoms with Gasteiger partial charge >= 0.3 is 0 Å². The minimum atomic E-state index is -0.532. The maximum absolute atomic E-state index is 14.1. The number of benzene rings is 2. The molecule has 0 aliphatic heterocycles. The molecule has 21 heavy (non-hydrogen) atoms. The van der Waals surface area contributed by atoms with Crippen molar-refractivity contribution in [1.82, 2.24) is 5.43 Å². The Labute approximate surface area is 123 Å². The summed E-state index contributed by atoms with van der Waals surface area (Å²) in [5.74, 6) is 6.60. The quantitative estimate of drug-likeness (QED) is 0.656. The summed E-state index contributed by atoms with van der Waals surface area (Å²) in [6.45, 7) is 1.90. The van der Waals surface area contributed by atoms with Crippen LogP contribution in [0.3, 0.4) is 0 Å². The lowest BCUT2D eigenvalue weighted by Crippen LogP contribution is -2.30. The molecule has 0 aromatic heterocycles. The van der Waals surface area contributed by atoms with Crippen molar-refractivity contribution in [3.63, 3.8) is 0 Å². The molecule has 112 valence electrons. The normalized spacial score (nSPS) is 12.0. The lowest BCUT2D eigenvalue weighted by molar-refractivity contribution is 0.393. The van der Waals surface area contributed by atoms with Crippen LogP contribution in [0.1, 0.15) is 22.7 Å². The number of aryl methyl sites for hydroxylation is 1. The van der Waals surface area contributed by atoms with Crippen molar-refractivity contribution in [2.75, 3.05) is 14.2 Å². The van der Waals surface area contributed by atoms with E-state index >= 15 is 0 Å². The molecule has 0 amide bonds. The van der Waals surface area contributed by atoms with Crippen LogP contribution in [-0.4, -0.2) is 14.2 Å². The fourth-order valence-electron chi connectivity index (χ4n) is 2.30. The molecule has 0 spiro atoms. The van der Waals surface area contributed by atoms with Crippen molar-refractivity contribution < 1.29 is 13.9 Å². The van der Waals surface area contributed by atoms with E-state index in [9.17, 15) is 4.39 Å². The molecule has 0 saturated heterocycles. The largest absolute Gasteiger partial charge is 0.497 e. The van der Waals surface area contributed by atoms with Crippen LogP contribution < -0.4 is 20.7 Å². The predicted molar refractivity (Wildman–Crippen MR) is 79.8 cm³/mol. The van der Waals surface area contributed by atoms with E-state index in [1.807, 2.05) is 6.92 Å². The highest BCUT2D eigenvalue weighted by Gasteiger charge is 2.21. The van der Waals surface area contributed by atoms with Crippen LogP contribution in [0.15, 0.2) is 36.4 Å². The van der Waals surface area contributed by atoms with Crippen molar-refractivity contribution in [1.29, 1.82) is 0 Å². The van der Waals surface area contributed by atoms with Gasteiger partial charge in [-0.25, -0.2) is 9.82 Å². The van der Waals surface area contributed by atoms with Gasteiger partial charge in [0.25, 0.3) is 0 Å². The molecule has 0 aliphatic carbocycles.